The maximum Gasteiger partial charge on any atom is 0.115 e. The summed E-state index contributed by atoms with van der Waals surface area (Å²) < 4.78 is 4.98. The summed E-state index contributed by atoms with van der Waals surface area (Å²) in [5.74, 6) is 0. The highest BCUT2D eigenvalue weighted by Crippen LogP contribution is 2.17. The smallest absolute Gasteiger partial charge is 0.115 e. The van der Waals surface area contributed by atoms with Crippen LogP contribution in [0.15, 0.2) is 76.6 Å². The number of rotatable bonds is 4. The molecule has 0 aliphatic rings. The molecule has 1 N–H and O–H groups in total. The summed E-state index contributed by atoms with van der Waals surface area (Å²) in [6, 6.07) is 17.4. The molecule has 23 heavy (non-hydrogen) atoms. The van der Waals surface area contributed by atoms with Gasteiger partial charge >= 0.3 is 0 Å². The number of hydrazone groups is 1. The van der Waals surface area contributed by atoms with E-state index in [1.165, 1.54) is 0 Å². The maximum absolute atomic E-state index is 4.98. The number of nitrogens with one attached hydrogen (secondary N) is 1. The van der Waals surface area contributed by atoms with Gasteiger partial charge in [-0.15, -0.1) is 10.2 Å². The molecule has 112 valence electrons. The van der Waals surface area contributed by atoms with E-state index in [0.29, 0.717) is 0 Å². The van der Waals surface area contributed by atoms with Crippen LogP contribution in [0, 0.1) is 0 Å². The second-order valence-corrected chi connectivity index (χ2v) is 4.96. The summed E-state index contributed by atoms with van der Waals surface area (Å²) in [6.45, 7) is 0. The van der Waals surface area contributed by atoms with Gasteiger partial charge in [-0.3, -0.25) is 5.43 Å². The molecule has 0 atom stereocenters. The van der Waals surface area contributed by atoms with Crippen LogP contribution in [0.5, 0.6) is 0 Å². The van der Waals surface area contributed by atoms with Crippen LogP contribution in [-0.2, 0) is 0 Å². The summed E-state index contributed by atoms with van der Waals surface area (Å²) in [7, 11) is 0. The van der Waals surface area contributed by atoms with Crippen molar-refractivity contribution >= 4 is 22.9 Å². The van der Waals surface area contributed by atoms with Gasteiger partial charge in [0.05, 0.1) is 30.1 Å². The first-order valence-electron chi connectivity index (χ1n) is 7.12. The zero-order valence-corrected chi connectivity index (χ0v) is 12.1. The molecular weight excluding hydrogens is 290 g/mol. The highest BCUT2D eigenvalue weighted by molar-refractivity contribution is 5.81. The van der Waals surface area contributed by atoms with E-state index in [-0.39, 0.29) is 0 Å². The fraction of sp³-hybridized carbons (Fsp3) is 0. The number of hydrogen-bond acceptors (Lipinski definition) is 5. The van der Waals surface area contributed by atoms with Crippen molar-refractivity contribution in [1.82, 2.24) is 15.0 Å². The topological polar surface area (TPSA) is 68.2 Å². The zero-order chi connectivity index (χ0) is 15.5. The Kier molecular flexibility index (Phi) is 3.32. The molecular formula is C17H13N5O. The second-order valence-electron chi connectivity index (χ2n) is 4.96. The first-order chi connectivity index (χ1) is 11.4. The molecule has 2 heterocycles. The molecule has 2 aromatic heterocycles. The van der Waals surface area contributed by atoms with Crippen molar-refractivity contribution in [2.45, 2.75) is 0 Å². The van der Waals surface area contributed by atoms with E-state index in [9.17, 15) is 0 Å². The summed E-state index contributed by atoms with van der Waals surface area (Å²) in [4.78, 5) is 1.63. The van der Waals surface area contributed by atoms with Gasteiger partial charge in [0.1, 0.15) is 11.0 Å². The van der Waals surface area contributed by atoms with E-state index < -0.39 is 0 Å². The van der Waals surface area contributed by atoms with E-state index in [0.717, 1.165) is 28.0 Å². The molecule has 2 aromatic carbocycles. The third-order valence-electron chi connectivity index (χ3n) is 3.32. The molecule has 0 saturated carbocycles. The van der Waals surface area contributed by atoms with Gasteiger partial charge in [0.25, 0.3) is 0 Å². The van der Waals surface area contributed by atoms with Gasteiger partial charge in [0.15, 0.2) is 0 Å². The molecule has 0 aliphatic heterocycles. The monoisotopic (exact) mass is 303 g/mol. The molecule has 0 radical (unpaired) electrons. The van der Waals surface area contributed by atoms with Crippen molar-refractivity contribution in [2.75, 3.05) is 5.43 Å². The standard InChI is InChI=1S/C17H13N5O/c1-2-4-15(5-3-1)22-20-16-7-6-14(10-17(16)21-22)19-18-11-13-8-9-23-12-13/h1-12,19H. The summed E-state index contributed by atoms with van der Waals surface area (Å²) in [5, 5.41) is 13.1. The Balaban J connectivity index is 1.58. The quantitative estimate of drug-likeness (QED) is 0.463. The highest BCUT2D eigenvalue weighted by Gasteiger charge is 2.05. The molecule has 4 rings (SSSR count). The third-order valence-corrected chi connectivity index (χ3v) is 3.32. The Morgan fingerprint density at radius 1 is 1.00 bits per heavy atom. The van der Waals surface area contributed by atoms with Gasteiger partial charge in [0, 0.05) is 5.56 Å². The molecule has 0 bridgehead atoms. The van der Waals surface area contributed by atoms with Gasteiger partial charge in [-0.2, -0.15) is 9.90 Å². The molecule has 6 nitrogen and oxygen atoms in total. The predicted molar refractivity (Wildman–Crippen MR) is 88.8 cm³/mol. The van der Waals surface area contributed by atoms with Crippen molar-refractivity contribution < 1.29 is 4.42 Å². The number of aromatic nitrogens is 3. The van der Waals surface area contributed by atoms with E-state index in [4.69, 9.17) is 4.42 Å². The SMILES string of the molecule is C(=NNc1ccc2nn(-c3ccccc3)nc2c1)c1ccoc1. The Morgan fingerprint density at radius 3 is 2.70 bits per heavy atom. The van der Waals surface area contributed by atoms with Crippen molar-refractivity contribution in [3.05, 3.63) is 72.7 Å². The van der Waals surface area contributed by atoms with Gasteiger partial charge in [-0.05, 0) is 36.4 Å². The summed E-state index contributed by atoms with van der Waals surface area (Å²) in [5.41, 5.74) is 7.28. The van der Waals surface area contributed by atoms with Crippen LogP contribution in [0.2, 0.25) is 0 Å². The Bertz CT molecular complexity index is 942. The fourth-order valence-corrected chi connectivity index (χ4v) is 2.19. The Labute approximate surface area is 132 Å². The first-order valence-corrected chi connectivity index (χ1v) is 7.12. The Morgan fingerprint density at radius 2 is 1.87 bits per heavy atom. The molecule has 0 fully saturated rings. The van der Waals surface area contributed by atoms with Crippen LogP contribution in [0.25, 0.3) is 16.7 Å². The maximum atomic E-state index is 4.98. The number of hydrogen-bond donors (Lipinski definition) is 1. The van der Waals surface area contributed by atoms with Crippen LogP contribution in [0.4, 0.5) is 5.69 Å². The minimum absolute atomic E-state index is 0.803. The number of benzene rings is 2. The average molecular weight is 303 g/mol. The van der Waals surface area contributed by atoms with E-state index in [2.05, 4.69) is 20.7 Å². The van der Waals surface area contributed by atoms with Crippen LogP contribution in [0.1, 0.15) is 5.56 Å². The predicted octanol–water partition coefficient (Wildman–Crippen LogP) is 3.46. The number of anilines is 1. The summed E-state index contributed by atoms with van der Waals surface area (Å²) in [6.07, 6.45) is 4.92. The number of fused-ring (bicyclic) bond motifs is 1. The van der Waals surface area contributed by atoms with Crippen molar-refractivity contribution in [3.63, 3.8) is 0 Å². The van der Waals surface area contributed by atoms with Crippen LogP contribution in [0.3, 0.4) is 0 Å². The Hall–Kier alpha value is -3.41. The van der Waals surface area contributed by atoms with E-state index in [1.807, 2.05) is 54.6 Å². The molecule has 0 unspecified atom stereocenters. The lowest BCUT2D eigenvalue weighted by molar-refractivity contribution is 0.567. The van der Waals surface area contributed by atoms with Gasteiger partial charge < -0.3 is 4.42 Å². The normalized spacial score (nSPS) is 11.3. The molecule has 0 saturated heterocycles. The highest BCUT2D eigenvalue weighted by atomic mass is 16.3. The van der Waals surface area contributed by atoms with Crippen molar-refractivity contribution in [3.8, 4) is 5.69 Å². The van der Waals surface area contributed by atoms with Crippen molar-refractivity contribution in [2.24, 2.45) is 5.10 Å². The van der Waals surface area contributed by atoms with Gasteiger partial charge in [-0.1, -0.05) is 18.2 Å². The lowest BCUT2D eigenvalue weighted by Crippen LogP contribution is -1.97. The van der Waals surface area contributed by atoms with E-state index >= 15 is 0 Å². The molecule has 0 spiro atoms. The molecule has 0 amide bonds. The fourth-order valence-electron chi connectivity index (χ4n) is 2.19. The van der Waals surface area contributed by atoms with Crippen LogP contribution >= 0.6 is 0 Å². The minimum Gasteiger partial charge on any atom is -0.472 e. The first kappa shape index (κ1) is 13.3. The molecule has 0 aliphatic carbocycles. The van der Waals surface area contributed by atoms with Gasteiger partial charge in [-0.25, -0.2) is 0 Å². The van der Waals surface area contributed by atoms with E-state index in [1.54, 1.807) is 23.5 Å². The lowest BCUT2D eigenvalue weighted by atomic mass is 10.3. The average Bonchev–Trinajstić information content (AvgIpc) is 3.24. The summed E-state index contributed by atoms with van der Waals surface area (Å²) >= 11 is 0. The second kappa shape index (κ2) is 5.76. The number of furan rings is 1. The lowest BCUT2D eigenvalue weighted by Gasteiger charge is -1.98. The zero-order valence-electron chi connectivity index (χ0n) is 12.1. The number of nitrogens with zero attached hydrogens (tertiary/aromatic N) is 4. The largest absolute Gasteiger partial charge is 0.472 e. The molecule has 6 heteroatoms. The number of para-hydroxylation sites is 1. The van der Waals surface area contributed by atoms with Crippen LogP contribution in [-0.4, -0.2) is 21.2 Å². The van der Waals surface area contributed by atoms with Crippen LogP contribution < -0.4 is 5.43 Å². The molecule has 4 aromatic rings. The van der Waals surface area contributed by atoms with Crippen molar-refractivity contribution in [1.29, 1.82) is 0 Å². The third kappa shape index (κ3) is 2.82. The minimum atomic E-state index is 0.803. The van der Waals surface area contributed by atoms with Gasteiger partial charge in [0.2, 0.25) is 0 Å².